The molecule has 3 atom stereocenters. The van der Waals surface area contributed by atoms with Crippen molar-refractivity contribution in [3.63, 3.8) is 0 Å². The van der Waals surface area contributed by atoms with Gasteiger partial charge in [-0.05, 0) is 19.3 Å². The molecule has 2 saturated carbocycles. The van der Waals surface area contributed by atoms with E-state index < -0.39 is 0 Å². The molecule has 0 aromatic rings. The van der Waals surface area contributed by atoms with Gasteiger partial charge in [-0.15, -0.1) is 23.2 Å². The van der Waals surface area contributed by atoms with Crippen molar-refractivity contribution in [1.82, 2.24) is 0 Å². The van der Waals surface area contributed by atoms with Gasteiger partial charge in [-0.1, -0.05) is 5.16 Å². The summed E-state index contributed by atoms with van der Waals surface area (Å²) in [5, 5.41) is 11.6. The summed E-state index contributed by atoms with van der Waals surface area (Å²) in [6.45, 7) is 0. The van der Waals surface area contributed by atoms with Crippen molar-refractivity contribution in [1.29, 1.82) is 0 Å². The van der Waals surface area contributed by atoms with Crippen molar-refractivity contribution < 1.29 is 5.21 Å². The van der Waals surface area contributed by atoms with E-state index >= 15 is 0 Å². The first-order valence-corrected chi connectivity index (χ1v) is 4.53. The third kappa shape index (κ3) is 0.890. The quantitative estimate of drug-likeness (QED) is 0.358. The van der Waals surface area contributed by atoms with Gasteiger partial charge in [-0.2, -0.15) is 0 Å². The molecule has 11 heavy (non-hydrogen) atoms. The molecule has 2 aliphatic carbocycles. The predicted octanol–water partition coefficient (Wildman–Crippen LogP) is 2.22. The number of oxime groups is 1. The van der Waals surface area contributed by atoms with Gasteiger partial charge in [0.05, 0.1) is 16.0 Å². The monoisotopic (exact) mass is 193 g/mol. The number of fused-ring (bicyclic) bond motifs is 2. The van der Waals surface area contributed by atoms with E-state index in [1.807, 2.05) is 0 Å². The minimum absolute atomic E-state index is 0.257. The Morgan fingerprint density at radius 1 is 1.64 bits per heavy atom. The highest BCUT2D eigenvalue weighted by atomic mass is 35.5. The smallest absolute Gasteiger partial charge is 0.0945 e. The van der Waals surface area contributed by atoms with Gasteiger partial charge in [0, 0.05) is 5.92 Å². The van der Waals surface area contributed by atoms with Gasteiger partial charge in [0.15, 0.2) is 0 Å². The van der Waals surface area contributed by atoms with E-state index in [4.69, 9.17) is 28.4 Å². The van der Waals surface area contributed by atoms with E-state index in [0.717, 1.165) is 19.3 Å². The van der Waals surface area contributed by atoms with Crippen LogP contribution in [-0.4, -0.2) is 21.2 Å². The van der Waals surface area contributed by atoms with Crippen LogP contribution in [0.15, 0.2) is 5.16 Å². The Bertz CT molecular complexity index is 218. The zero-order valence-electron chi connectivity index (χ0n) is 5.93. The van der Waals surface area contributed by atoms with E-state index in [-0.39, 0.29) is 10.3 Å². The zero-order valence-corrected chi connectivity index (χ0v) is 7.44. The summed E-state index contributed by atoms with van der Waals surface area (Å²) in [5.74, 6) is 0.333. The lowest BCUT2D eigenvalue weighted by Crippen LogP contribution is -2.33. The molecule has 0 aromatic carbocycles. The Balaban J connectivity index is 2.34. The Hall–Kier alpha value is 0.0500. The Morgan fingerprint density at radius 3 is 2.73 bits per heavy atom. The van der Waals surface area contributed by atoms with Crippen LogP contribution in [0.4, 0.5) is 0 Å². The van der Waals surface area contributed by atoms with E-state index in [0.29, 0.717) is 11.6 Å². The molecule has 0 heterocycles. The van der Waals surface area contributed by atoms with E-state index in [1.54, 1.807) is 0 Å². The van der Waals surface area contributed by atoms with Crippen LogP contribution in [0.25, 0.3) is 0 Å². The summed E-state index contributed by atoms with van der Waals surface area (Å²) in [4.78, 5) is -0.312. The highest BCUT2D eigenvalue weighted by Gasteiger charge is 2.55. The van der Waals surface area contributed by atoms with Gasteiger partial charge in [0.25, 0.3) is 0 Å². The number of hydrogen-bond donors (Lipinski definition) is 1. The molecule has 2 fully saturated rings. The fourth-order valence-electron chi connectivity index (χ4n) is 2.11. The zero-order chi connectivity index (χ0) is 8.06. The van der Waals surface area contributed by atoms with Crippen molar-refractivity contribution in [2.45, 2.75) is 29.5 Å². The van der Waals surface area contributed by atoms with Crippen molar-refractivity contribution >= 4 is 28.9 Å². The first-order chi connectivity index (χ1) is 5.17. The van der Waals surface area contributed by atoms with Crippen LogP contribution in [0.2, 0.25) is 0 Å². The van der Waals surface area contributed by atoms with Gasteiger partial charge >= 0.3 is 0 Å². The molecule has 2 aliphatic rings. The van der Waals surface area contributed by atoms with Crippen LogP contribution < -0.4 is 0 Å². The summed E-state index contributed by atoms with van der Waals surface area (Å²) < 4.78 is 0. The van der Waals surface area contributed by atoms with Crippen molar-refractivity contribution in [2.75, 3.05) is 0 Å². The molecule has 0 saturated heterocycles. The molecule has 3 unspecified atom stereocenters. The number of hydrogen-bond acceptors (Lipinski definition) is 2. The molecule has 2 rings (SSSR count). The Kier molecular flexibility index (Phi) is 1.58. The topological polar surface area (TPSA) is 32.6 Å². The molecule has 0 radical (unpaired) electrons. The second kappa shape index (κ2) is 2.27. The maximum absolute atomic E-state index is 8.62. The van der Waals surface area contributed by atoms with Crippen LogP contribution in [0, 0.1) is 5.92 Å². The summed E-state index contributed by atoms with van der Waals surface area (Å²) in [6.07, 6.45) is 2.85. The number of rotatable bonds is 0. The van der Waals surface area contributed by atoms with Crippen molar-refractivity contribution in [3.8, 4) is 0 Å². The standard InChI is InChI=1S/C7H9Cl2NO/c8-6-5(10-11)4-1-2-7(6,9)3-4/h4,6,11H,1-3H2/b10-5+. The Morgan fingerprint density at radius 2 is 2.36 bits per heavy atom. The van der Waals surface area contributed by atoms with Crippen LogP contribution in [-0.2, 0) is 0 Å². The fraction of sp³-hybridized carbons (Fsp3) is 0.857. The van der Waals surface area contributed by atoms with Crippen LogP contribution in [0.3, 0.4) is 0 Å². The number of nitrogens with zero attached hydrogens (tertiary/aromatic N) is 1. The molecule has 1 N–H and O–H groups in total. The van der Waals surface area contributed by atoms with Crippen LogP contribution >= 0.6 is 23.2 Å². The van der Waals surface area contributed by atoms with Gasteiger partial charge in [-0.3, -0.25) is 0 Å². The molecule has 0 aromatic heterocycles. The molecule has 2 nitrogen and oxygen atoms in total. The Labute approximate surface area is 75.2 Å². The first kappa shape index (κ1) is 7.69. The minimum Gasteiger partial charge on any atom is -0.411 e. The fourth-order valence-corrected chi connectivity index (χ4v) is 2.94. The minimum atomic E-state index is -0.312. The van der Waals surface area contributed by atoms with E-state index in [1.165, 1.54) is 0 Å². The summed E-state index contributed by atoms with van der Waals surface area (Å²) in [6, 6.07) is 0. The number of alkyl halides is 2. The summed E-state index contributed by atoms with van der Waals surface area (Å²) in [5.41, 5.74) is 0.688. The molecule has 2 bridgehead atoms. The van der Waals surface area contributed by atoms with Crippen LogP contribution in [0.5, 0.6) is 0 Å². The average molecular weight is 194 g/mol. The molecular formula is C7H9Cl2NO. The molecule has 4 heteroatoms. The van der Waals surface area contributed by atoms with Gasteiger partial charge in [-0.25, -0.2) is 0 Å². The van der Waals surface area contributed by atoms with Crippen molar-refractivity contribution in [3.05, 3.63) is 0 Å². The van der Waals surface area contributed by atoms with Gasteiger partial charge < -0.3 is 5.21 Å². The van der Waals surface area contributed by atoms with Gasteiger partial charge in [0.1, 0.15) is 0 Å². The molecule has 0 spiro atoms. The summed E-state index contributed by atoms with van der Waals surface area (Å²) in [7, 11) is 0. The normalized spacial score (nSPS) is 52.4. The van der Waals surface area contributed by atoms with Gasteiger partial charge in [0.2, 0.25) is 0 Å². The highest BCUT2D eigenvalue weighted by molar-refractivity contribution is 6.42. The lowest BCUT2D eigenvalue weighted by Gasteiger charge is -2.23. The molecule has 0 amide bonds. The second-order valence-electron chi connectivity index (χ2n) is 3.36. The SMILES string of the molecule is O/N=C1\C2CCC(Cl)(C2)C1Cl. The third-order valence-corrected chi connectivity index (χ3v) is 4.06. The lowest BCUT2D eigenvalue weighted by atomic mass is 9.98. The largest absolute Gasteiger partial charge is 0.411 e. The van der Waals surface area contributed by atoms with E-state index in [9.17, 15) is 0 Å². The third-order valence-electron chi connectivity index (χ3n) is 2.74. The maximum atomic E-state index is 8.62. The van der Waals surface area contributed by atoms with E-state index in [2.05, 4.69) is 5.16 Å². The van der Waals surface area contributed by atoms with Crippen LogP contribution in [0.1, 0.15) is 19.3 Å². The molecule has 0 aliphatic heterocycles. The average Bonchev–Trinajstić information content (AvgIpc) is 2.43. The molecule has 62 valence electrons. The first-order valence-electron chi connectivity index (χ1n) is 3.72. The predicted molar refractivity (Wildman–Crippen MR) is 44.8 cm³/mol. The number of halogens is 2. The summed E-state index contributed by atoms with van der Waals surface area (Å²) >= 11 is 12.2. The lowest BCUT2D eigenvalue weighted by molar-refractivity contribution is 0.314. The van der Waals surface area contributed by atoms with Crippen molar-refractivity contribution in [2.24, 2.45) is 11.1 Å². The highest BCUT2D eigenvalue weighted by Crippen LogP contribution is 2.52. The second-order valence-corrected chi connectivity index (χ2v) is 4.55. The maximum Gasteiger partial charge on any atom is 0.0945 e. The molecular weight excluding hydrogens is 185 g/mol.